The molecule has 0 aromatic heterocycles. The minimum absolute atomic E-state index is 0.0180. The van der Waals surface area contributed by atoms with Gasteiger partial charge in [-0.05, 0) is 51.7 Å². The number of halogens is 1. The summed E-state index contributed by atoms with van der Waals surface area (Å²) in [7, 11) is 0. The maximum Gasteiger partial charge on any atom is 0.411 e. The van der Waals surface area contributed by atoms with Crippen molar-refractivity contribution in [3.05, 3.63) is 35.1 Å². The van der Waals surface area contributed by atoms with Gasteiger partial charge in [-0.2, -0.15) is 0 Å². The molecule has 2 amide bonds. The molecule has 0 radical (unpaired) electrons. The van der Waals surface area contributed by atoms with Gasteiger partial charge in [-0.3, -0.25) is 19.4 Å². The lowest BCUT2D eigenvalue weighted by Crippen LogP contribution is -2.44. The number of hydrogen-bond donors (Lipinski definition) is 0. The van der Waals surface area contributed by atoms with Crippen LogP contribution in [0.25, 0.3) is 0 Å². The number of benzene rings is 1. The molecule has 0 N–H and O–H groups in total. The van der Waals surface area contributed by atoms with Crippen LogP contribution < -0.4 is 0 Å². The zero-order chi connectivity index (χ0) is 27.8. The highest BCUT2D eigenvalue weighted by atomic mass is 19.1. The first kappa shape index (κ1) is 27.9. The predicted molar refractivity (Wildman–Crippen MR) is 134 cm³/mol. The largest absolute Gasteiger partial charge is 0.466 e. The molecule has 0 unspecified atom stereocenters. The number of likely N-dealkylation sites (tertiary alicyclic amines) is 1. The second-order valence-electron chi connectivity index (χ2n) is 11.5. The minimum atomic E-state index is -0.903. The Morgan fingerprint density at radius 2 is 1.84 bits per heavy atom. The summed E-state index contributed by atoms with van der Waals surface area (Å²) in [5, 5.41) is 0. The molecule has 10 heteroatoms. The van der Waals surface area contributed by atoms with Crippen molar-refractivity contribution >= 4 is 23.9 Å². The Labute approximate surface area is 222 Å². The number of carbonyl (C=O) groups excluding carboxylic acids is 4. The van der Waals surface area contributed by atoms with Crippen LogP contribution in [0.4, 0.5) is 14.0 Å². The van der Waals surface area contributed by atoms with Crippen molar-refractivity contribution in [2.24, 2.45) is 11.3 Å². The van der Waals surface area contributed by atoms with E-state index in [1.807, 2.05) is 6.92 Å². The topological polar surface area (TPSA) is 102 Å². The first-order valence-electron chi connectivity index (χ1n) is 13.3. The van der Waals surface area contributed by atoms with Gasteiger partial charge in [-0.1, -0.05) is 25.5 Å². The number of ether oxygens (including phenoxy) is 3. The number of carbonyl (C=O) groups is 4. The number of amides is 2. The third-order valence-corrected chi connectivity index (χ3v) is 7.61. The van der Waals surface area contributed by atoms with Crippen LogP contribution in [0, 0.1) is 17.2 Å². The number of nitrogens with zero attached hydrogens (tertiary/aromatic N) is 2. The lowest BCUT2D eigenvalue weighted by Gasteiger charge is -2.28. The molecule has 38 heavy (non-hydrogen) atoms. The number of hydrogen-bond acceptors (Lipinski definition) is 7. The van der Waals surface area contributed by atoms with Crippen LogP contribution in [-0.4, -0.2) is 64.6 Å². The van der Waals surface area contributed by atoms with Crippen molar-refractivity contribution in [3.8, 4) is 0 Å². The average molecular weight is 533 g/mol. The Bertz CT molecular complexity index is 1120. The fourth-order valence-corrected chi connectivity index (χ4v) is 5.60. The smallest absolute Gasteiger partial charge is 0.411 e. The van der Waals surface area contributed by atoms with Crippen LogP contribution in [0.5, 0.6) is 0 Å². The highest BCUT2D eigenvalue weighted by Crippen LogP contribution is 2.58. The molecule has 1 saturated carbocycles. The second-order valence-corrected chi connectivity index (χ2v) is 11.5. The highest BCUT2D eigenvalue weighted by Gasteiger charge is 2.61. The normalized spacial score (nSPS) is 26.1. The molecule has 2 fully saturated rings. The zero-order valence-corrected chi connectivity index (χ0v) is 22.8. The van der Waals surface area contributed by atoms with Crippen molar-refractivity contribution in [2.45, 2.75) is 91.1 Å². The number of esters is 1. The van der Waals surface area contributed by atoms with E-state index in [4.69, 9.17) is 14.2 Å². The molecule has 0 bridgehead atoms. The van der Waals surface area contributed by atoms with E-state index in [1.54, 1.807) is 39.8 Å². The van der Waals surface area contributed by atoms with Crippen LogP contribution in [0.1, 0.15) is 71.4 Å². The zero-order valence-electron chi connectivity index (χ0n) is 22.8. The van der Waals surface area contributed by atoms with Gasteiger partial charge in [0.2, 0.25) is 0 Å². The van der Waals surface area contributed by atoms with Crippen molar-refractivity contribution in [1.29, 1.82) is 0 Å². The van der Waals surface area contributed by atoms with Crippen LogP contribution in [0.15, 0.2) is 18.2 Å². The van der Waals surface area contributed by atoms with Gasteiger partial charge in [-0.15, -0.1) is 0 Å². The van der Waals surface area contributed by atoms with Gasteiger partial charge < -0.3 is 14.2 Å². The third-order valence-electron chi connectivity index (χ3n) is 7.61. The summed E-state index contributed by atoms with van der Waals surface area (Å²) in [6.45, 7) is 9.39. The Morgan fingerprint density at radius 1 is 1.11 bits per heavy atom. The van der Waals surface area contributed by atoms with Gasteiger partial charge in [-0.25, -0.2) is 14.0 Å². The summed E-state index contributed by atoms with van der Waals surface area (Å²) >= 11 is 0. The molecule has 0 spiro atoms. The summed E-state index contributed by atoms with van der Waals surface area (Å²) in [5.41, 5.74) is -0.489. The lowest BCUT2D eigenvalue weighted by molar-refractivity contribution is -0.152. The van der Waals surface area contributed by atoms with Crippen LogP contribution in [-0.2, 0) is 36.9 Å². The molecule has 2 aliphatic heterocycles. The van der Waals surface area contributed by atoms with Crippen molar-refractivity contribution in [2.75, 3.05) is 13.2 Å². The van der Waals surface area contributed by atoms with E-state index in [1.165, 1.54) is 15.9 Å². The summed E-state index contributed by atoms with van der Waals surface area (Å²) in [6.07, 6.45) is -0.720. The number of ketones is 1. The van der Waals surface area contributed by atoms with Gasteiger partial charge in [0, 0.05) is 24.9 Å². The minimum Gasteiger partial charge on any atom is -0.466 e. The molecule has 9 nitrogen and oxygen atoms in total. The van der Waals surface area contributed by atoms with Crippen LogP contribution >= 0.6 is 0 Å². The van der Waals surface area contributed by atoms with E-state index in [0.29, 0.717) is 12.0 Å². The van der Waals surface area contributed by atoms with Gasteiger partial charge in [0.15, 0.2) is 5.78 Å². The van der Waals surface area contributed by atoms with E-state index in [0.717, 1.165) is 12.0 Å². The first-order valence-corrected chi connectivity index (χ1v) is 13.3. The number of Topliss-reactive ketones (excluding diaryl/α,β-unsaturated/α-hetero) is 1. The SMILES string of the molecule is CCOC(=O)[C@@]1(CC(=O)[C@@H]2C[C@@H](OC(=O)N3Cc4cccc(F)c4C3)CN2C(=O)OC(C)(C)C)C[C@H]1CC. The maximum atomic E-state index is 14.1. The van der Waals surface area contributed by atoms with E-state index >= 15 is 0 Å². The van der Waals surface area contributed by atoms with Gasteiger partial charge >= 0.3 is 18.2 Å². The Balaban J connectivity index is 1.47. The first-order chi connectivity index (χ1) is 17.9. The fourth-order valence-electron chi connectivity index (χ4n) is 5.60. The van der Waals surface area contributed by atoms with Crippen molar-refractivity contribution in [3.63, 3.8) is 0 Å². The standard InChI is InChI=1S/C28H37FN2O7/c1-6-18-12-28(18,24(33)36-7-2)13-23(32)22-11-19(15-31(22)26(35)38-27(3,4)5)37-25(34)30-14-17-9-8-10-21(29)20(17)16-30/h8-10,18-19,22H,6-7,11-16H2,1-5H3/t18-,19-,22+,28-/m1/s1. The van der Waals surface area contributed by atoms with Gasteiger partial charge in [0.05, 0.1) is 31.2 Å². The van der Waals surface area contributed by atoms with Crippen LogP contribution in [0.2, 0.25) is 0 Å². The Morgan fingerprint density at radius 3 is 2.45 bits per heavy atom. The van der Waals surface area contributed by atoms with E-state index < -0.39 is 35.3 Å². The van der Waals surface area contributed by atoms with Crippen molar-refractivity contribution < 1.29 is 37.8 Å². The highest BCUT2D eigenvalue weighted by molar-refractivity contribution is 5.94. The van der Waals surface area contributed by atoms with E-state index in [-0.39, 0.29) is 62.6 Å². The van der Waals surface area contributed by atoms with E-state index in [9.17, 15) is 23.6 Å². The summed E-state index contributed by atoms with van der Waals surface area (Å²) in [5.74, 6) is -0.992. The van der Waals surface area contributed by atoms with Crippen molar-refractivity contribution in [1.82, 2.24) is 9.80 Å². The average Bonchev–Trinajstić information content (AvgIpc) is 3.15. The Kier molecular flexibility index (Phi) is 7.72. The third kappa shape index (κ3) is 5.63. The molecule has 1 saturated heterocycles. The van der Waals surface area contributed by atoms with Gasteiger partial charge in [0.25, 0.3) is 0 Å². The molecule has 1 aromatic rings. The van der Waals surface area contributed by atoms with Crippen LogP contribution in [0.3, 0.4) is 0 Å². The maximum absolute atomic E-state index is 14.1. The Hall–Kier alpha value is -3.17. The monoisotopic (exact) mass is 532 g/mol. The molecule has 1 aliphatic carbocycles. The molecular formula is C28H37FN2O7. The van der Waals surface area contributed by atoms with Gasteiger partial charge in [0.1, 0.15) is 17.5 Å². The summed E-state index contributed by atoms with van der Waals surface area (Å²) in [6, 6.07) is 3.81. The molecule has 4 rings (SSSR count). The molecule has 4 atom stereocenters. The molecule has 1 aromatic carbocycles. The second kappa shape index (κ2) is 10.5. The van der Waals surface area contributed by atoms with E-state index in [2.05, 4.69) is 0 Å². The molecule has 208 valence electrons. The fraction of sp³-hybridized carbons (Fsp3) is 0.643. The summed E-state index contributed by atoms with van der Waals surface area (Å²) in [4.78, 5) is 55.0. The quantitative estimate of drug-likeness (QED) is 0.374. The number of rotatable bonds is 7. The predicted octanol–water partition coefficient (Wildman–Crippen LogP) is 4.59. The summed E-state index contributed by atoms with van der Waals surface area (Å²) < 4.78 is 30.6. The lowest BCUT2D eigenvalue weighted by atomic mass is 9.91. The molecular weight excluding hydrogens is 495 g/mol. The molecule has 3 aliphatic rings. The number of fused-ring (bicyclic) bond motifs is 1. The molecule has 2 heterocycles.